The van der Waals surface area contributed by atoms with Crippen LogP contribution in [0.4, 0.5) is 5.95 Å². The van der Waals surface area contributed by atoms with Crippen molar-refractivity contribution in [2.45, 2.75) is 13.3 Å². The smallest absolute Gasteiger partial charge is 0.336 e. The number of nitrogens with zero attached hydrogens (tertiary/aromatic N) is 2. The number of amides is 1. The maximum atomic E-state index is 11.8. The van der Waals surface area contributed by atoms with E-state index >= 15 is 0 Å². The summed E-state index contributed by atoms with van der Waals surface area (Å²) in [7, 11) is 1.45. The number of H-pyrrole nitrogens is 1. The zero-order valence-electron chi connectivity index (χ0n) is 11.3. The van der Waals surface area contributed by atoms with E-state index in [1.54, 1.807) is 0 Å². The molecule has 1 amide bonds. The van der Waals surface area contributed by atoms with Crippen LogP contribution in [0.1, 0.15) is 12.5 Å². The average Bonchev–Trinajstić information content (AvgIpc) is 2.89. The Morgan fingerprint density at radius 3 is 2.70 bits per heavy atom. The zero-order chi connectivity index (χ0) is 14.4. The fourth-order valence-corrected chi connectivity index (χ4v) is 1.63. The van der Waals surface area contributed by atoms with E-state index in [0.717, 1.165) is 11.3 Å². The number of benzene rings is 1. The number of aromatic amines is 1. The lowest BCUT2D eigenvalue weighted by Crippen LogP contribution is -2.15. The van der Waals surface area contributed by atoms with Crippen molar-refractivity contribution < 1.29 is 14.3 Å². The van der Waals surface area contributed by atoms with Crippen molar-refractivity contribution in [3.05, 3.63) is 29.8 Å². The van der Waals surface area contributed by atoms with Gasteiger partial charge >= 0.3 is 6.01 Å². The van der Waals surface area contributed by atoms with Crippen molar-refractivity contribution in [1.29, 1.82) is 0 Å². The van der Waals surface area contributed by atoms with Gasteiger partial charge in [0, 0.05) is 0 Å². The Hall–Kier alpha value is -2.57. The molecule has 0 unspecified atom stereocenters. The summed E-state index contributed by atoms with van der Waals surface area (Å²) in [4.78, 5) is 15.7. The van der Waals surface area contributed by atoms with Crippen molar-refractivity contribution in [2.24, 2.45) is 0 Å². The molecule has 7 nitrogen and oxygen atoms in total. The molecule has 0 saturated carbocycles. The number of hydrogen-bond donors (Lipinski definition) is 2. The molecule has 0 saturated heterocycles. The predicted octanol–water partition coefficient (Wildman–Crippen LogP) is 1.39. The van der Waals surface area contributed by atoms with Crippen LogP contribution in [0, 0.1) is 0 Å². The van der Waals surface area contributed by atoms with Crippen LogP contribution >= 0.6 is 0 Å². The molecule has 0 spiro atoms. The van der Waals surface area contributed by atoms with Gasteiger partial charge in [0.1, 0.15) is 5.75 Å². The van der Waals surface area contributed by atoms with Crippen molar-refractivity contribution >= 4 is 11.9 Å². The van der Waals surface area contributed by atoms with Crippen LogP contribution in [0.5, 0.6) is 11.8 Å². The molecule has 2 N–H and O–H groups in total. The molecule has 20 heavy (non-hydrogen) atoms. The molecule has 1 heterocycles. The summed E-state index contributed by atoms with van der Waals surface area (Å²) < 4.78 is 10.2. The number of nitrogens with one attached hydrogen (secondary N) is 2. The fourth-order valence-electron chi connectivity index (χ4n) is 1.63. The Labute approximate surface area is 116 Å². The summed E-state index contributed by atoms with van der Waals surface area (Å²) >= 11 is 0. The molecular formula is C13H16N4O3. The summed E-state index contributed by atoms with van der Waals surface area (Å²) in [6.07, 6.45) is 0.245. The largest absolute Gasteiger partial charge is 0.494 e. The minimum Gasteiger partial charge on any atom is -0.494 e. The number of aromatic nitrogens is 3. The van der Waals surface area contributed by atoms with Crippen molar-refractivity contribution in [1.82, 2.24) is 15.2 Å². The zero-order valence-corrected chi connectivity index (χ0v) is 11.3. The first kappa shape index (κ1) is 13.9. The second kappa shape index (κ2) is 6.55. The van der Waals surface area contributed by atoms with Crippen LogP contribution in [0.3, 0.4) is 0 Å². The second-order valence-electron chi connectivity index (χ2n) is 3.97. The highest BCUT2D eigenvalue weighted by molar-refractivity contribution is 5.90. The number of ether oxygens (including phenoxy) is 2. The molecule has 1 aromatic carbocycles. The first-order chi connectivity index (χ1) is 9.71. The van der Waals surface area contributed by atoms with E-state index < -0.39 is 0 Å². The molecule has 0 bridgehead atoms. The number of methoxy groups -OCH3 is 1. The van der Waals surface area contributed by atoms with Crippen LogP contribution < -0.4 is 14.8 Å². The third-order valence-electron chi connectivity index (χ3n) is 2.50. The first-order valence-electron chi connectivity index (χ1n) is 6.19. The van der Waals surface area contributed by atoms with Crippen LogP contribution in [0.2, 0.25) is 0 Å². The van der Waals surface area contributed by atoms with E-state index in [2.05, 4.69) is 20.5 Å². The SMILES string of the molecule is CCOc1ccc(CC(=O)Nc2nc(OC)n[nH]2)cc1. The highest BCUT2D eigenvalue weighted by Gasteiger charge is 2.08. The predicted molar refractivity (Wildman–Crippen MR) is 72.9 cm³/mol. The van der Waals surface area contributed by atoms with E-state index in [1.807, 2.05) is 31.2 Å². The van der Waals surface area contributed by atoms with E-state index in [1.165, 1.54) is 7.11 Å². The highest BCUT2D eigenvalue weighted by Crippen LogP contribution is 2.13. The third kappa shape index (κ3) is 3.71. The Bertz CT molecular complexity index is 565. The third-order valence-corrected chi connectivity index (χ3v) is 2.50. The normalized spacial score (nSPS) is 10.1. The van der Waals surface area contributed by atoms with E-state index in [9.17, 15) is 4.79 Å². The summed E-state index contributed by atoms with van der Waals surface area (Å²) in [5.41, 5.74) is 0.887. The monoisotopic (exact) mass is 276 g/mol. The average molecular weight is 276 g/mol. The molecule has 2 rings (SSSR count). The summed E-state index contributed by atoms with van der Waals surface area (Å²) in [6.45, 7) is 2.54. The number of carbonyl (C=O) groups is 1. The van der Waals surface area contributed by atoms with Gasteiger partial charge in [0.25, 0.3) is 0 Å². The Morgan fingerprint density at radius 2 is 2.10 bits per heavy atom. The van der Waals surface area contributed by atoms with Gasteiger partial charge in [-0.3, -0.25) is 10.1 Å². The standard InChI is InChI=1S/C13H16N4O3/c1-3-20-10-6-4-9(5-7-10)8-11(18)14-12-15-13(19-2)17-16-12/h4-7H,3,8H2,1-2H3,(H2,14,15,16,17,18). The van der Waals surface area contributed by atoms with Gasteiger partial charge in [-0.05, 0) is 24.6 Å². The first-order valence-corrected chi connectivity index (χ1v) is 6.19. The summed E-state index contributed by atoms with van der Waals surface area (Å²) in [5, 5.41) is 8.90. The van der Waals surface area contributed by atoms with Crippen molar-refractivity contribution in [3.63, 3.8) is 0 Å². The lowest BCUT2D eigenvalue weighted by atomic mass is 10.1. The van der Waals surface area contributed by atoms with Crippen molar-refractivity contribution in [2.75, 3.05) is 19.0 Å². The molecular weight excluding hydrogens is 260 g/mol. The van der Waals surface area contributed by atoms with Gasteiger partial charge in [0.2, 0.25) is 11.9 Å². The summed E-state index contributed by atoms with van der Waals surface area (Å²) in [5.74, 6) is 0.863. The van der Waals surface area contributed by atoms with Gasteiger partial charge in [-0.2, -0.15) is 4.98 Å². The van der Waals surface area contributed by atoms with Crippen LogP contribution in [-0.2, 0) is 11.2 Å². The van der Waals surface area contributed by atoms with Gasteiger partial charge in [-0.25, -0.2) is 5.10 Å². The molecule has 0 atom stereocenters. The lowest BCUT2D eigenvalue weighted by molar-refractivity contribution is -0.115. The Kier molecular flexibility index (Phi) is 4.54. The number of rotatable bonds is 6. The minimum atomic E-state index is -0.187. The van der Waals surface area contributed by atoms with Gasteiger partial charge in [0.15, 0.2) is 0 Å². The fraction of sp³-hybridized carbons (Fsp3) is 0.308. The van der Waals surface area contributed by atoms with Gasteiger partial charge in [-0.1, -0.05) is 12.1 Å². The molecule has 0 aliphatic rings. The maximum Gasteiger partial charge on any atom is 0.336 e. The number of anilines is 1. The molecule has 2 aromatic rings. The number of carbonyl (C=O) groups excluding carboxylic acids is 1. The molecule has 0 aliphatic carbocycles. The molecule has 1 aromatic heterocycles. The highest BCUT2D eigenvalue weighted by atomic mass is 16.5. The van der Waals surface area contributed by atoms with Crippen LogP contribution in [-0.4, -0.2) is 34.8 Å². The van der Waals surface area contributed by atoms with Crippen molar-refractivity contribution in [3.8, 4) is 11.8 Å². The quantitative estimate of drug-likeness (QED) is 0.832. The molecule has 106 valence electrons. The van der Waals surface area contributed by atoms with Crippen LogP contribution in [0.25, 0.3) is 0 Å². The molecule has 0 radical (unpaired) electrons. The molecule has 0 fully saturated rings. The number of hydrogen-bond acceptors (Lipinski definition) is 5. The van der Waals surface area contributed by atoms with E-state index in [-0.39, 0.29) is 24.3 Å². The van der Waals surface area contributed by atoms with E-state index in [0.29, 0.717) is 6.61 Å². The van der Waals surface area contributed by atoms with Gasteiger partial charge in [-0.15, -0.1) is 5.10 Å². The summed E-state index contributed by atoms with van der Waals surface area (Å²) in [6, 6.07) is 7.56. The van der Waals surface area contributed by atoms with Gasteiger partial charge in [0.05, 0.1) is 20.1 Å². The second-order valence-corrected chi connectivity index (χ2v) is 3.97. The molecule has 0 aliphatic heterocycles. The Morgan fingerprint density at radius 1 is 1.35 bits per heavy atom. The maximum absolute atomic E-state index is 11.8. The minimum absolute atomic E-state index is 0.182. The van der Waals surface area contributed by atoms with E-state index in [4.69, 9.17) is 9.47 Å². The Balaban J connectivity index is 1.90. The lowest BCUT2D eigenvalue weighted by Gasteiger charge is -2.05. The van der Waals surface area contributed by atoms with Crippen LogP contribution in [0.15, 0.2) is 24.3 Å². The topological polar surface area (TPSA) is 89.1 Å². The van der Waals surface area contributed by atoms with Gasteiger partial charge < -0.3 is 9.47 Å². The molecule has 7 heteroatoms.